The molecule has 2 nitrogen and oxygen atoms in total. The summed E-state index contributed by atoms with van der Waals surface area (Å²) in [6.45, 7) is 1.68. The molecule has 0 atom stereocenters. The van der Waals surface area contributed by atoms with Crippen LogP contribution in [0.3, 0.4) is 0 Å². The lowest BCUT2D eigenvalue weighted by molar-refractivity contribution is 0.511. The van der Waals surface area contributed by atoms with E-state index in [1.807, 2.05) is 0 Å². The number of H-pyrrole nitrogens is 1. The molecule has 0 unspecified atom stereocenters. The Morgan fingerprint density at radius 3 is 2.62 bits per heavy atom. The number of hydrogen-bond acceptors (Lipinski definition) is 1. The maximum atomic E-state index is 13.5. The van der Waals surface area contributed by atoms with Crippen molar-refractivity contribution in [1.82, 2.24) is 4.98 Å². The topological polar surface area (TPSA) is 32.9 Å². The summed E-state index contributed by atoms with van der Waals surface area (Å²) in [6.07, 6.45) is 0. The summed E-state index contributed by atoms with van der Waals surface area (Å²) in [5.41, 5.74) is 0.698. The number of hydrogen-bond donors (Lipinski definition) is 1. The molecule has 1 N–H and O–H groups in total. The van der Waals surface area contributed by atoms with E-state index in [1.165, 1.54) is 24.3 Å². The lowest BCUT2D eigenvalue weighted by Crippen LogP contribution is -2.03. The van der Waals surface area contributed by atoms with Gasteiger partial charge in [0, 0.05) is 23.4 Å². The molecule has 0 aliphatic carbocycles. The highest BCUT2D eigenvalue weighted by atomic mass is 19.2. The van der Waals surface area contributed by atoms with Crippen LogP contribution in [0.2, 0.25) is 0 Å². The van der Waals surface area contributed by atoms with Crippen LogP contribution in [0.4, 0.5) is 8.78 Å². The number of halogens is 2. The number of pyridine rings is 1. The molecule has 0 aliphatic heterocycles. The van der Waals surface area contributed by atoms with Gasteiger partial charge in [-0.05, 0) is 19.1 Å². The Hall–Kier alpha value is -1.97. The highest BCUT2D eigenvalue weighted by Gasteiger charge is 2.10. The van der Waals surface area contributed by atoms with E-state index in [-0.39, 0.29) is 16.7 Å². The molecular formula is C12H9F2NO. The first-order chi connectivity index (χ1) is 7.58. The minimum atomic E-state index is -0.955. The second-order valence-corrected chi connectivity index (χ2v) is 3.51. The van der Waals surface area contributed by atoms with E-state index in [9.17, 15) is 13.6 Å². The smallest absolute Gasteiger partial charge is 0.182 e. The molecule has 2 rings (SSSR count). The van der Waals surface area contributed by atoms with Crippen LogP contribution in [-0.4, -0.2) is 4.98 Å². The molecule has 16 heavy (non-hydrogen) atoms. The van der Waals surface area contributed by atoms with Crippen LogP contribution in [0, 0.1) is 18.6 Å². The van der Waals surface area contributed by atoms with Crippen molar-refractivity contribution >= 4 is 0 Å². The SMILES string of the molecule is Cc1cc(=O)cc(-c2cccc(F)c2F)[nH]1. The summed E-state index contributed by atoms with van der Waals surface area (Å²) in [7, 11) is 0. The molecule has 2 aromatic rings. The highest BCUT2D eigenvalue weighted by Crippen LogP contribution is 2.21. The van der Waals surface area contributed by atoms with Crippen LogP contribution in [0.1, 0.15) is 5.69 Å². The van der Waals surface area contributed by atoms with Gasteiger partial charge in [0.1, 0.15) is 0 Å². The zero-order valence-corrected chi connectivity index (χ0v) is 8.55. The number of rotatable bonds is 1. The van der Waals surface area contributed by atoms with Crippen molar-refractivity contribution in [3.63, 3.8) is 0 Å². The van der Waals surface area contributed by atoms with Crippen LogP contribution in [0.15, 0.2) is 35.1 Å². The van der Waals surface area contributed by atoms with Gasteiger partial charge in [-0.25, -0.2) is 8.78 Å². The van der Waals surface area contributed by atoms with Crippen molar-refractivity contribution in [2.75, 3.05) is 0 Å². The van der Waals surface area contributed by atoms with Gasteiger partial charge in [-0.15, -0.1) is 0 Å². The fourth-order valence-corrected chi connectivity index (χ4v) is 1.54. The Morgan fingerprint density at radius 2 is 1.94 bits per heavy atom. The molecule has 0 bridgehead atoms. The van der Waals surface area contributed by atoms with Gasteiger partial charge < -0.3 is 4.98 Å². The molecule has 0 saturated carbocycles. The number of aromatic nitrogens is 1. The van der Waals surface area contributed by atoms with Gasteiger partial charge in [0.15, 0.2) is 17.1 Å². The van der Waals surface area contributed by atoms with Gasteiger partial charge in [-0.3, -0.25) is 4.79 Å². The van der Waals surface area contributed by atoms with Crippen molar-refractivity contribution in [3.05, 3.63) is 57.9 Å². The van der Waals surface area contributed by atoms with E-state index in [1.54, 1.807) is 6.92 Å². The maximum absolute atomic E-state index is 13.5. The summed E-state index contributed by atoms with van der Waals surface area (Å²) in [6, 6.07) is 6.48. The van der Waals surface area contributed by atoms with Crippen molar-refractivity contribution in [1.29, 1.82) is 0 Å². The predicted molar refractivity (Wildman–Crippen MR) is 57.2 cm³/mol. The molecule has 82 valence electrons. The minimum Gasteiger partial charge on any atom is -0.358 e. The molecule has 4 heteroatoms. The van der Waals surface area contributed by atoms with Gasteiger partial charge in [-0.1, -0.05) is 6.07 Å². The van der Waals surface area contributed by atoms with E-state index in [4.69, 9.17) is 0 Å². The minimum absolute atomic E-state index is 0.0563. The molecule has 0 spiro atoms. The standard InChI is InChI=1S/C12H9F2NO/c1-7-5-8(16)6-11(15-7)9-3-2-4-10(13)12(9)14/h2-6H,1H3,(H,15,16). The maximum Gasteiger partial charge on any atom is 0.182 e. The summed E-state index contributed by atoms with van der Waals surface area (Å²) in [4.78, 5) is 14.1. The lowest BCUT2D eigenvalue weighted by atomic mass is 10.1. The largest absolute Gasteiger partial charge is 0.358 e. The molecule has 0 aliphatic rings. The first-order valence-electron chi connectivity index (χ1n) is 4.73. The van der Waals surface area contributed by atoms with Crippen LogP contribution in [0.25, 0.3) is 11.3 Å². The quantitative estimate of drug-likeness (QED) is 0.788. The normalized spacial score (nSPS) is 10.4. The second kappa shape index (κ2) is 3.89. The lowest BCUT2D eigenvalue weighted by Gasteiger charge is -2.05. The zero-order valence-electron chi connectivity index (χ0n) is 8.55. The highest BCUT2D eigenvalue weighted by molar-refractivity contribution is 5.59. The Bertz CT molecular complexity index is 590. The molecule has 1 aromatic carbocycles. The van der Waals surface area contributed by atoms with E-state index in [0.29, 0.717) is 5.69 Å². The Morgan fingerprint density at radius 1 is 1.19 bits per heavy atom. The molecule has 0 amide bonds. The van der Waals surface area contributed by atoms with Gasteiger partial charge in [0.2, 0.25) is 0 Å². The molecule has 0 radical (unpaired) electrons. The summed E-state index contributed by atoms with van der Waals surface area (Å²) in [5, 5.41) is 0. The van der Waals surface area contributed by atoms with Gasteiger partial charge >= 0.3 is 0 Å². The number of benzene rings is 1. The average Bonchev–Trinajstić information content (AvgIpc) is 2.20. The molecule has 1 heterocycles. The Kier molecular flexibility index (Phi) is 2.56. The van der Waals surface area contributed by atoms with Crippen LogP contribution < -0.4 is 5.43 Å². The van der Waals surface area contributed by atoms with E-state index in [0.717, 1.165) is 6.07 Å². The van der Waals surface area contributed by atoms with E-state index >= 15 is 0 Å². The molecule has 0 saturated heterocycles. The first-order valence-corrected chi connectivity index (χ1v) is 4.73. The van der Waals surface area contributed by atoms with Gasteiger partial charge in [0.05, 0.1) is 5.69 Å². The second-order valence-electron chi connectivity index (χ2n) is 3.51. The Balaban J connectivity index is 2.67. The Labute approximate surface area is 90.6 Å². The average molecular weight is 221 g/mol. The van der Waals surface area contributed by atoms with Crippen molar-refractivity contribution in [2.45, 2.75) is 6.92 Å². The molecule has 0 fully saturated rings. The molecule has 1 aromatic heterocycles. The van der Waals surface area contributed by atoms with E-state index in [2.05, 4.69) is 4.98 Å². The fourth-order valence-electron chi connectivity index (χ4n) is 1.54. The van der Waals surface area contributed by atoms with E-state index < -0.39 is 11.6 Å². The van der Waals surface area contributed by atoms with Gasteiger partial charge in [-0.2, -0.15) is 0 Å². The van der Waals surface area contributed by atoms with Crippen molar-refractivity contribution < 1.29 is 8.78 Å². The first kappa shape index (κ1) is 10.5. The zero-order chi connectivity index (χ0) is 11.7. The summed E-state index contributed by atoms with van der Waals surface area (Å²) in [5.74, 6) is -1.89. The third-order valence-electron chi connectivity index (χ3n) is 2.22. The summed E-state index contributed by atoms with van der Waals surface area (Å²) < 4.78 is 26.5. The van der Waals surface area contributed by atoms with Crippen LogP contribution in [0.5, 0.6) is 0 Å². The number of aromatic amines is 1. The third kappa shape index (κ3) is 1.86. The predicted octanol–water partition coefficient (Wildman–Crippen LogP) is 2.63. The fraction of sp³-hybridized carbons (Fsp3) is 0.0833. The number of nitrogens with one attached hydrogen (secondary N) is 1. The van der Waals surface area contributed by atoms with Crippen molar-refractivity contribution in [3.8, 4) is 11.3 Å². The van der Waals surface area contributed by atoms with Gasteiger partial charge in [0.25, 0.3) is 0 Å². The van der Waals surface area contributed by atoms with Crippen LogP contribution in [-0.2, 0) is 0 Å². The summed E-state index contributed by atoms with van der Waals surface area (Å²) >= 11 is 0. The van der Waals surface area contributed by atoms with Crippen LogP contribution >= 0.6 is 0 Å². The van der Waals surface area contributed by atoms with Crippen molar-refractivity contribution in [2.24, 2.45) is 0 Å². The monoisotopic (exact) mass is 221 g/mol. The number of aryl methyl sites for hydroxylation is 1. The third-order valence-corrected chi connectivity index (χ3v) is 2.22. The molecular weight excluding hydrogens is 212 g/mol.